The Hall–Kier alpha value is -2.11. The number of aromatic amines is 1. The molecule has 0 unspecified atom stereocenters. The number of carbonyl (C=O) groups is 1. The van der Waals surface area contributed by atoms with Gasteiger partial charge in [-0.1, -0.05) is 44.5 Å². The predicted molar refractivity (Wildman–Crippen MR) is 139 cm³/mol. The Morgan fingerprint density at radius 1 is 1.06 bits per heavy atom. The van der Waals surface area contributed by atoms with E-state index >= 15 is 0 Å². The molecule has 1 N–H and O–H groups in total. The van der Waals surface area contributed by atoms with Gasteiger partial charge in [0.1, 0.15) is 5.75 Å². The molecule has 0 fully saturated rings. The molecular formula is C27H34ClNO3S. The third-order valence-corrected chi connectivity index (χ3v) is 6.94. The van der Waals surface area contributed by atoms with E-state index in [9.17, 15) is 4.79 Å². The summed E-state index contributed by atoms with van der Waals surface area (Å²) in [6.07, 6.45) is 1.27. The topological polar surface area (TPSA) is 51.3 Å². The maximum atomic E-state index is 12.6. The molecule has 0 radical (unpaired) electrons. The number of hydrogen-bond donors (Lipinski definition) is 1. The number of ether oxygens (including phenoxy) is 2. The van der Waals surface area contributed by atoms with Gasteiger partial charge in [0, 0.05) is 49.7 Å². The molecule has 0 aliphatic carbocycles. The molecule has 4 nitrogen and oxygen atoms in total. The molecule has 178 valence electrons. The molecule has 0 bridgehead atoms. The van der Waals surface area contributed by atoms with E-state index < -0.39 is 5.41 Å². The van der Waals surface area contributed by atoms with Gasteiger partial charge in [-0.3, -0.25) is 4.79 Å². The molecule has 6 heteroatoms. The van der Waals surface area contributed by atoms with Crippen LogP contribution in [-0.4, -0.2) is 29.4 Å². The molecule has 0 saturated carbocycles. The Bertz CT molecular complexity index is 1130. The summed E-state index contributed by atoms with van der Waals surface area (Å²) < 4.78 is 11.1. The molecular weight excluding hydrogens is 454 g/mol. The first kappa shape index (κ1) is 25.5. The second kappa shape index (κ2) is 10.0. The van der Waals surface area contributed by atoms with Crippen LogP contribution in [-0.2, 0) is 22.4 Å². The lowest BCUT2D eigenvalue weighted by Crippen LogP contribution is -2.29. The molecule has 0 spiro atoms. The summed E-state index contributed by atoms with van der Waals surface area (Å²) in [6.45, 7) is 12.7. The maximum Gasteiger partial charge on any atom is 0.311 e. The van der Waals surface area contributed by atoms with Crippen molar-refractivity contribution in [2.75, 3.05) is 13.7 Å². The lowest BCUT2D eigenvalue weighted by molar-refractivity contribution is -0.153. The highest BCUT2D eigenvalue weighted by Gasteiger charge is 2.33. The van der Waals surface area contributed by atoms with Crippen molar-refractivity contribution < 1.29 is 14.3 Å². The molecule has 33 heavy (non-hydrogen) atoms. The number of methoxy groups -OCH3 is 1. The monoisotopic (exact) mass is 487 g/mol. The van der Waals surface area contributed by atoms with Gasteiger partial charge in [0.05, 0.1) is 19.1 Å². The number of esters is 1. The van der Waals surface area contributed by atoms with Gasteiger partial charge in [0.25, 0.3) is 0 Å². The van der Waals surface area contributed by atoms with Crippen LogP contribution < -0.4 is 4.74 Å². The Labute approximate surface area is 206 Å². The third kappa shape index (κ3) is 6.07. The molecule has 1 heterocycles. The number of halogens is 1. The minimum absolute atomic E-state index is 0.0153. The Kier molecular flexibility index (Phi) is 7.75. The number of thioether (sulfide) groups is 1. The van der Waals surface area contributed by atoms with Gasteiger partial charge >= 0.3 is 5.97 Å². The van der Waals surface area contributed by atoms with Crippen molar-refractivity contribution >= 4 is 40.2 Å². The zero-order valence-corrected chi connectivity index (χ0v) is 22.2. The van der Waals surface area contributed by atoms with Gasteiger partial charge in [-0.05, 0) is 50.6 Å². The molecule has 0 saturated heterocycles. The van der Waals surface area contributed by atoms with Crippen LogP contribution >= 0.6 is 23.4 Å². The predicted octanol–water partition coefficient (Wildman–Crippen LogP) is 7.44. The van der Waals surface area contributed by atoms with E-state index in [1.807, 2.05) is 50.7 Å². The van der Waals surface area contributed by atoms with Crippen LogP contribution in [0.4, 0.5) is 0 Å². The van der Waals surface area contributed by atoms with E-state index in [2.05, 4.69) is 44.0 Å². The van der Waals surface area contributed by atoms with Gasteiger partial charge in [-0.2, -0.15) is 0 Å². The zero-order chi connectivity index (χ0) is 24.4. The van der Waals surface area contributed by atoms with E-state index in [1.54, 1.807) is 7.11 Å². The first-order valence-corrected chi connectivity index (χ1v) is 12.5. The van der Waals surface area contributed by atoms with Gasteiger partial charge in [-0.15, -0.1) is 11.8 Å². The fourth-order valence-corrected chi connectivity index (χ4v) is 5.24. The normalized spacial score (nSPS) is 12.2. The summed E-state index contributed by atoms with van der Waals surface area (Å²) in [6, 6.07) is 12.0. The molecule has 3 rings (SSSR count). The average molecular weight is 488 g/mol. The second-order valence-corrected chi connectivity index (χ2v) is 12.2. The summed E-state index contributed by atoms with van der Waals surface area (Å²) in [4.78, 5) is 17.4. The lowest BCUT2D eigenvalue weighted by Gasteiger charge is -2.24. The largest absolute Gasteiger partial charge is 0.496 e. The van der Waals surface area contributed by atoms with E-state index in [4.69, 9.17) is 21.1 Å². The van der Waals surface area contributed by atoms with Gasteiger partial charge in [0.2, 0.25) is 0 Å². The highest BCUT2D eigenvalue weighted by atomic mass is 35.5. The molecule has 0 aliphatic heterocycles. The van der Waals surface area contributed by atoms with Gasteiger partial charge in [-0.25, -0.2) is 0 Å². The minimum atomic E-state index is -0.648. The van der Waals surface area contributed by atoms with Gasteiger partial charge in [0.15, 0.2) is 0 Å². The number of rotatable bonds is 8. The number of H-pyrrole nitrogens is 1. The molecule has 0 aliphatic rings. The highest BCUT2D eigenvalue weighted by Crippen LogP contribution is 2.45. The van der Waals surface area contributed by atoms with Crippen molar-refractivity contribution in [3.8, 4) is 5.75 Å². The van der Waals surface area contributed by atoms with Crippen molar-refractivity contribution in [2.45, 2.75) is 64.0 Å². The van der Waals surface area contributed by atoms with E-state index in [1.165, 1.54) is 0 Å². The first-order valence-electron chi connectivity index (χ1n) is 11.3. The zero-order valence-electron chi connectivity index (χ0n) is 20.6. The van der Waals surface area contributed by atoms with Crippen LogP contribution in [0.3, 0.4) is 0 Å². The smallest absolute Gasteiger partial charge is 0.311 e. The Morgan fingerprint density at radius 3 is 2.30 bits per heavy atom. The van der Waals surface area contributed by atoms with Crippen LogP contribution in [0.2, 0.25) is 5.02 Å². The van der Waals surface area contributed by atoms with Crippen LogP contribution in [0.1, 0.15) is 58.4 Å². The average Bonchev–Trinajstić information content (AvgIpc) is 3.05. The Balaban J connectivity index is 2.19. The Morgan fingerprint density at radius 2 is 1.73 bits per heavy atom. The molecule has 3 aromatic rings. The number of fused-ring (bicyclic) bond motifs is 1. The summed E-state index contributed by atoms with van der Waals surface area (Å²) in [5.74, 6) is 0.665. The standard InChI is InChI=1S/C27H34ClNO3S/c1-8-32-25(30)27(5,6)16-21-24(33-26(2,3)4)23-19(15-17-9-11-18(28)12-10-17)22(31-7)14-13-20(23)29-21/h9-14,29H,8,15-16H2,1-7H3. The maximum absolute atomic E-state index is 12.6. The van der Waals surface area contributed by atoms with Gasteiger partial charge < -0.3 is 14.5 Å². The number of benzene rings is 2. The second-order valence-electron chi connectivity index (χ2n) is 9.90. The van der Waals surface area contributed by atoms with Crippen molar-refractivity contribution in [2.24, 2.45) is 5.41 Å². The van der Waals surface area contributed by atoms with Crippen LogP contribution in [0.5, 0.6) is 5.75 Å². The molecule has 0 amide bonds. The quantitative estimate of drug-likeness (QED) is 0.265. The summed E-state index contributed by atoms with van der Waals surface area (Å²) in [7, 11) is 1.71. The fourth-order valence-electron chi connectivity index (χ4n) is 3.92. The van der Waals surface area contributed by atoms with E-state index in [0.29, 0.717) is 19.4 Å². The first-order chi connectivity index (χ1) is 15.4. The summed E-state index contributed by atoms with van der Waals surface area (Å²) in [5.41, 5.74) is 3.73. The van der Waals surface area contributed by atoms with Crippen molar-refractivity contribution in [3.63, 3.8) is 0 Å². The van der Waals surface area contributed by atoms with Crippen LogP contribution in [0.25, 0.3) is 10.9 Å². The van der Waals surface area contributed by atoms with Crippen molar-refractivity contribution in [1.29, 1.82) is 0 Å². The third-order valence-electron chi connectivity index (χ3n) is 5.43. The highest BCUT2D eigenvalue weighted by molar-refractivity contribution is 8.00. The van der Waals surface area contributed by atoms with Crippen molar-refractivity contribution in [1.82, 2.24) is 4.98 Å². The summed E-state index contributed by atoms with van der Waals surface area (Å²) in [5, 5.41) is 1.87. The molecule has 1 aromatic heterocycles. The van der Waals surface area contributed by atoms with Crippen molar-refractivity contribution in [3.05, 3.63) is 58.2 Å². The number of carbonyl (C=O) groups excluding carboxylic acids is 1. The number of aromatic nitrogens is 1. The van der Waals surface area contributed by atoms with E-state index in [0.717, 1.165) is 43.4 Å². The van der Waals surface area contributed by atoms with Crippen LogP contribution in [0, 0.1) is 5.41 Å². The summed E-state index contributed by atoms with van der Waals surface area (Å²) >= 11 is 7.92. The number of nitrogens with one attached hydrogen (secondary N) is 1. The fraction of sp³-hybridized carbons (Fsp3) is 0.444. The molecule has 2 aromatic carbocycles. The van der Waals surface area contributed by atoms with Crippen LogP contribution in [0.15, 0.2) is 41.3 Å². The SMILES string of the molecule is CCOC(=O)C(C)(C)Cc1[nH]c2ccc(OC)c(Cc3ccc(Cl)cc3)c2c1SC(C)(C)C. The minimum Gasteiger partial charge on any atom is -0.496 e. The number of hydrogen-bond acceptors (Lipinski definition) is 4. The lowest BCUT2D eigenvalue weighted by atomic mass is 9.88. The molecule has 0 atom stereocenters. The van der Waals surface area contributed by atoms with E-state index in [-0.39, 0.29) is 10.7 Å².